The number of hydrogen-bond acceptors (Lipinski definition) is 0. The predicted octanol–water partition coefficient (Wildman–Crippen LogP) is 5.62. The van der Waals surface area contributed by atoms with Crippen molar-refractivity contribution in [2.75, 3.05) is 0 Å². The molecule has 22 heavy (non-hydrogen) atoms. The fourth-order valence-electron chi connectivity index (χ4n) is 4.22. The first-order valence-electron chi connectivity index (χ1n) is 8.24. The largest absolute Gasteiger partial charge is 0.279 e. The smallest absolute Gasteiger partial charge is 0.203 e. The molecule has 3 rings (SSSR count). The number of rotatable bonds is 2. The number of hydrogen-bond donors (Lipinski definition) is 0. The zero-order valence-corrected chi connectivity index (χ0v) is 13.1. The highest BCUT2D eigenvalue weighted by molar-refractivity contribution is 5.42. The summed E-state index contributed by atoms with van der Waals surface area (Å²) < 4.78 is 57.6. The van der Waals surface area contributed by atoms with E-state index in [4.69, 9.17) is 0 Å². The van der Waals surface area contributed by atoms with E-state index >= 15 is 0 Å². The van der Waals surface area contributed by atoms with Crippen LogP contribution < -0.4 is 0 Å². The zero-order valence-electron chi connectivity index (χ0n) is 13.1. The highest BCUT2D eigenvalue weighted by atomic mass is 19.3. The van der Waals surface area contributed by atoms with Gasteiger partial charge >= 0.3 is 0 Å². The van der Waals surface area contributed by atoms with E-state index in [0.717, 1.165) is 25.7 Å². The molecule has 122 valence electrons. The molecule has 0 nitrogen and oxygen atoms in total. The van der Waals surface area contributed by atoms with Crippen LogP contribution in [-0.4, -0.2) is 0 Å². The average molecular weight is 314 g/mol. The van der Waals surface area contributed by atoms with Gasteiger partial charge in [-0.2, -0.15) is 0 Å². The lowest BCUT2D eigenvalue weighted by Gasteiger charge is -2.33. The van der Waals surface area contributed by atoms with E-state index in [9.17, 15) is 17.6 Å². The highest BCUT2D eigenvalue weighted by Crippen LogP contribution is 2.53. The Morgan fingerprint density at radius 2 is 1.73 bits per heavy atom. The van der Waals surface area contributed by atoms with Crippen LogP contribution >= 0.6 is 0 Å². The third-order valence-corrected chi connectivity index (χ3v) is 5.61. The zero-order chi connectivity index (χ0) is 16.1. The third-order valence-electron chi connectivity index (χ3n) is 5.61. The summed E-state index contributed by atoms with van der Waals surface area (Å²) in [6.45, 7) is 3.84. The Morgan fingerprint density at radius 3 is 2.32 bits per heavy atom. The minimum absolute atomic E-state index is 0.0915. The summed E-state index contributed by atoms with van der Waals surface area (Å²) in [6, 6.07) is 1.45. The number of fused-ring (bicyclic) bond motifs is 1. The molecule has 0 aliphatic heterocycles. The van der Waals surface area contributed by atoms with Gasteiger partial charge in [0.15, 0.2) is 11.6 Å². The van der Waals surface area contributed by atoms with Crippen molar-refractivity contribution < 1.29 is 17.6 Å². The molecule has 1 unspecified atom stereocenters. The lowest BCUT2D eigenvalue weighted by molar-refractivity contribution is -0.0839. The summed E-state index contributed by atoms with van der Waals surface area (Å²) >= 11 is 0. The van der Waals surface area contributed by atoms with E-state index in [1.54, 1.807) is 6.92 Å². The first-order valence-corrected chi connectivity index (χ1v) is 8.24. The van der Waals surface area contributed by atoms with Crippen LogP contribution in [0.15, 0.2) is 6.07 Å². The van der Waals surface area contributed by atoms with Crippen molar-refractivity contribution in [2.24, 2.45) is 17.8 Å². The van der Waals surface area contributed by atoms with Crippen LogP contribution in [-0.2, 0) is 18.8 Å². The Hall–Kier alpha value is -1.06. The maximum Gasteiger partial charge on any atom is 0.279 e. The van der Waals surface area contributed by atoms with Gasteiger partial charge in [-0.05, 0) is 48.6 Å². The predicted molar refractivity (Wildman–Crippen MR) is 77.9 cm³/mol. The van der Waals surface area contributed by atoms with E-state index in [1.165, 1.54) is 6.07 Å². The minimum Gasteiger partial charge on any atom is -0.203 e. The van der Waals surface area contributed by atoms with Gasteiger partial charge in [0, 0.05) is 5.92 Å². The number of halogens is 4. The van der Waals surface area contributed by atoms with Gasteiger partial charge in [-0.25, -0.2) is 17.6 Å². The second-order valence-electron chi connectivity index (χ2n) is 7.00. The lowest BCUT2D eigenvalue weighted by Crippen LogP contribution is -2.31. The van der Waals surface area contributed by atoms with Gasteiger partial charge in [0.05, 0.1) is 5.56 Å². The van der Waals surface area contributed by atoms with Crippen molar-refractivity contribution in [1.82, 2.24) is 0 Å². The van der Waals surface area contributed by atoms with Crippen LogP contribution in [0, 0.1) is 29.4 Å². The molecule has 4 heteroatoms. The number of benzene rings is 1. The fraction of sp³-hybridized carbons (Fsp3) is 0.667. The van der Waals surface area contributed by atoms with Crippen molar-refractivity contribution in [3.63, 3.8) is 0 Å². The average Bonchev–Trinajstić information content (AvgIpc) is 2.75. The maximum atomic E-state index is 14.8. The molecular formula is C18H22F4. The molecular weight excluding hydrogens is 292 g/mol. The first kappa shape index (κ1) is 15.8. The maximum absolute atomic E-state index is 14.8. The standard InChI is InChI=1S/C18H22F4/c1-3-11-8-13-9-14(12-6-4-10(2)5-7-12)18(21,22)15(13)17(20)16(11)19/h8,10,12,14H,3-7,9H2,1-2H3. The monoisotopic (exact) mass is 314 g/mol. The molecule has 1 atom stereocenters. The molecule has 0 bridgehead atoms. The normalized spacial score (nSPS) is 30.4. The van der Waals surface area contributed by atoms with Crippen molar-refractivity contribution in [1.29, 1.82) is 0 Å². The second-order valence-corrected chi connectivity index (χ2v) is 7.00. The Morgan fingerprint density at radius 1 is 1.09 bits per heavy atom. The van der Waals surface area contributed by atoms with E-state index in [0.29, 0.717) is 17.9 Å². The fourth-order valence-corrected chi connectivity index (χ4v) is 4.22. The van der Waals surface area contributed by atoms with Gasteiger partial charge in [0.1, 0.15) is 0 Å². The van der Waals surface area contributed by atoms with Crippen molar-refractivity contribution in [3.8, 4) is 0 Å². The molecule has 0 heterocycles. The Balaban J connectivity index is 1.97. The Kier molecular flexibility index (Phi) is 3.98. The highest BCUT2D eigenvalue weighted by Gasteiger charge is 2.54. The van der Waals surface area contributed by atoms with Gasteiger partial charge in [0.2, 0.25) is 0 Å². The van der Waals surface area contributed by atoms with Gasteiger partial charge in [0.25, 0.3) is 5.92 Å². The summed E-state index contributed by atoms with van der Waals surface area (Å²) in [6.07, 6.45) is 3.91. The molecule has 1 saturated carbocycles. The molecule has 2 aliphatic rings. The van der Waals surface area contributed by atoms with Crippen molar-refractivity contribution in [2.45, 2.75) is 58.3 Å². The van der Waals surface area contributed by atoms with E-state index in [2.05, 4.69) is 6.92 Å². The van der Waals surface area contributed by atoms with Crippen LogP contribution in [0.2, 0.25) is 0 Å². The third kappa shape index (κ3) is 2.35. The molecule has 1 aromatic carbocycles. The summed E-state index contributed by atoms with van der Waals surface area (Å²) in [5.41, 5.74) is -0.167. The Labute approximate surface area is 128 Å². The molecule has 0 radical (unpaired) electrons. The molecule has 0 aromatic heterocycles. The lowest BCUT2D eigenvalue weighted by atomic mass is 9.74. The van der Waals surface area contributed by atoms with Crippen LogP contribution in [0.4, 0.5) is 17.6 Å². The molecule has 0 amide bonds. The molecule has 1 fully saturated rings. The van der Waals surface area contributed by atoms with Crippen LogP contribution in [0.3, 0.4) is 0 Å². The van der Waals surface area contributed by atoms with Gasteiger partial charge in [-0.15, -0.1) is 0 Å². The first-order chi connectivity index (χ1) is 10.4. The second kappa shape index (κ2) is 5.54. The summed E-state index contributed by atoms with van der Waals surface area (Å²) in [5.74, 6) is -6.07. The summed E-state index contributed by atoms with van der Waals surface area (Å²) in [4.78, 5) is 0. The van der Waals surface area contributed by atoms with Crippen LogP contribution in [0.1, 0.15) is 56.2 Å². The molecule has 0 N–H and O–H groups in total. The summed E-state index contributed by atoms with van der Waals surface area (Å²) in [5, 5.41) is 0. The summed E-state index contributed by atoms with van der Waals surface area (Å²) in [7, 11) is 0. The van der Waals surface area contributed by atoms with E-state index in [-0.39, 0.29) is 17.9 Å². The van der Waals surface area contributed by atoms with E-state index in [1.807, 2.05) is 0 Å². The van der Waals surface area contributed by atoms with Gasteiger partial charge in [-0.1, -0.05) is 32.8 Å². The quantitative estimate of drug-likeness (QED) is 0.622. The van der Waals surface area contributed by atoms with Gasteiger partial charge < -0.3 is 0 Å². The SMILES string of the molecule is CCc1cc2c(c(F)c1F)C(F)(F)C(C1CCC(C)CC1)C2. The molecule has 2 aliphatic carbocycles. The topological polar surface area (TPSA) is 0 Å². The van der Waals surface area contributed by atoms with Crippen LogP contribution in [0.5, 0.6) is 0 Å². The van der Waals surface area contributed by atoms with Gasteiger partial charge in [-0.3, -0.25) is 0 Å². The number of alkyl halides is 2. The van der Waals surface area contributed by atoms with Crippen LogP contribution in [0.25, 0.3) is 0 Å². The minimum atomic E-state index is -3.25. The van der Waals surface area contributed by atoms with E-state index < -0.39 is 29.0 Å². The molecule has 0 spiro atoms. The van der Waals surface area contributed by atoms with Crippen molar-refractivity contribution in [3.05, 3.63) is 34.4 Å². The van der Waals surface area contributed by atoms with Crippen molar-refractivity contribution >= 4 is 0 Å². The molecule has 1 aromatic rings. The molecule has 0 saturated heterocycles. The number of aryl methyl sites for hydroxylation is 1. The Bertz CT molecular complexity index is 571.